The van der Waals surface area contributed by atoms with Gasteiger partial charge in [-0.1, -0.05) is 13.8 Å². The van der Waals surface area contributed by atoms with Crippen molar-refractivity contribution in [1.29, 1.82) is 0 Å². The van der Waals surface area contributed by atoms with Crippen molar-refractivity contribution in [3.63, 3.8) is 0 Å². The summed E-state index contributed by atoms with van der Waals surface area (Å²) in [6.07, 6.45) is 3.54. The number of carbonyl (C=O) groups is 1. The molecule has 160 valence electrons. The second kappa shape index (κ2) is 9.17. The Morgan fingerprint density at radius 1 is 1.14 bits per heavy atom. The third kappa shape index (κ3) is 4.93. The first-order valence-corrected chi connectivity index (χ1v) is 11.9. The fraction of sp³-hybridized carbons (Fsp3) is 0.571. The highest BCUT2D eigenvalue weighted by Gasteiger charge is 2.28. The van der Waals surface area contributed by atoms with E-state index in [1.54, 1.807) is 17.0 Å². The molecule has 0 aliphatic carbocycles. The Kier molecular flexibility index (Phi) is 6.85. The molecule has 2 heterocycles. The fourth-order valence-corrected chi connectivity index (χ4v) is 5.19. The Hall–Kier alpha value is -2.06. The van der Waals surface area contributed by atoms with Crippen LogP contribution < -0.4 is 5.32 Å². The Bertz CT molecular complexity index is 952. The van der Waals surface area contributed by atoms with Crippen LogP contribution in [0.1, 0.15) is 33.6 Å². The van der Waals surface area contributed by atoms with Gasteiger partial charge >= 0.3 is 6.03 Å². The van der Waals surface area contributed by atoms with Crippen LogP contribution in [0.25, 0.3) is 10.9 Å². The van der Waals surface area contributed by atoms with E-state index in [2.05, 4.69) is 30.7 Å². The number of hydrogen-bond acceptors (Lipinski definition) is 3. The van der Waals surface area contributed by atoms with Gasteiger partial charge in [0.15, 0.2) is 0 Å². The van der Waals surface area contributed by atoms with Gasteiger partial charge in [0.25, 0.3) is 0 Å². The van der Waals surface area contributed by atoms with Crippen LogP contribution >= 0.6 is 0 Å². The molecule has 0 saturated carbocycles. The van der Waals surface area contributed by atoms with E-state index in [9.17, 15) is 13.2 Å². The first-order chi connectivity index (χ1) is 13.8. The number of carbonyl (C=O) groups excluding carboxylic acids is 1. The summed E-state index contributed by atoms with van der Waals surface area (Å²) < 4.78 is 30.0. The molecule has 3 rings (SSSR count). The Labute approximate surface area is 173 Å². The predicted octanol–water partition coefficient (Wildman–Crippen LogP) is 3.11. The third-order valence-corrected chi connectivity index (χ3v) is 7.36. The number of aromatic nitrogens is 1. The molecular weight excluding hydrogens is 388 g/mol. The van der Waals surface area contributed by atoms with E-state index in [1.807, 2.05) is 18.3 Å². The molecule has 0 atom stereocenters. The van der Waals surface area contributed by atoms with Crippen molar-refractivity contribution in [3.05, 3.63) is 30.5 Å². The van der Waals surface area contributed by atoms with Crippen molar-refractivity contribution in [2.75, 3.05) is 32.7 Å². The summed E-state index contributed by atoms with van der Waals surface area (Å²) in [6, 6.07) is 7.15. The number of hydrogen-bond donors (Lipinski definition) is 1. The van der Waals surface area contributed by atoms with Crippen molar-refractivity contribution in [1.82, 2.24) is 19.1 Å². The molecule has 1 N–H and O–H groups in total. The van der Waals surface area contributed by atoms with Gasteiger partial charge in [0, 0.05) is 56.4 Å². The molecule has 7 nitrogen and oxygen atoms in total. The molecule has 0 spiro atoms. The topological polar surface area (TPSA) is 74.7 Å². The molecule has 0 radical (unpaired) electrons. The average molecular weight is 421 g/mol. The standard InChI is InChI=1S/C21H32N4O3S/c1-4-23-13-9-18-16-19(6-7-20(18)23)29(27,28)25-12-5-11-24(14-15-25)21(26)22-10-8-17(2)3/h6-7,9,13,16-17H,4-5,8,10-12,14-15H2,1-3H3,(H,22,26). The summed E-state index contributed by atoms with van der Waals surface area (Å²) in [5.41, 5.74) is 1.03. The minimum atomic E-state index is -3.59. The minimum absolute atomic E-state index is 0.104. The summed E-state index contributed by atoms with van der Waals surface area (Å²) in [5, 5.41) is 3.87. The van der Waals surface area contributed by atoms with Gasteiger partial charge in [0.05, 0.1) is 4.90 Å². The molecular formula is C21H32N4O3S. The Morgan fingerprint density at radius 2 is 1.93 bits per heavy atom. The van der Waals surface area contributed by atoms with Gasteiger partial charge in [0.1, 0.15) is 0 Å². The molecule has 1 aromatic heterocycles. The molecule has 8 heteroatoms. The molecule has 0 unspecified atom stereocenters. The van der Waals surface area contributed by atoms with Crippen molar-refractivity contribution in [2.45, 2.75) is 45.1 Å². The van der Waals surface area contributed by atoms with Crippen molar-refractivity contribution in [2.24, 2.45) is 5.92 Å². The van der Waals surface area contributed by atoms with E-state index < -0.39 is 10.0 Å². The van der Waals surface area contributed by atoms with Crippen LogP contribution in [0.4, 0.5) is 4.79 Å². The largest absolute Gasteiger partial charge is 0.348 e. The van der Waals surface area contributed by atoms with Gasteiger partial charge in [-0.25, -0.2) is 13.2 Å². The number of nitrogens with one attached hydrogen (secondary N) is 1. The minimum Gasteiger partial charge on any atom is -0.348 e. The molecule has 0 bridgehead atoms. The van der Waals surface area contributed by atoms with Crippen molar-refractivity contribution in [3.8, 4) is 0 Å². The molecule has 2 amide bonds. The third-order valence-electron chi connectivity index (χ3n) is 5.46. The van der Waals surface area contributed by atoms with Crippen LogP contribution in [-0.2, 0) is 16.6 Å². The summed E-state index contributed by atoms with van der Waals surface area (Å²) >= 11 is 0. The van der Waals surface area contributed by atoms with Gasteiger partial charge in [-0.05, 0) is 49.9 Å². The highest BCUT2D eigenvalue weighted by molar-refractivity contribution is 7.89. The summed E-state index contributed by atoms with van der Waals surface area (Å²) in [4.78, 5) is 14.4. The van der Waals surface area contributed by atoms with E-state index in [-0.39, 0.29) is 6.03 Å². The normalized spacial score (nSPS) is 16.3. The zero-order valence-electron chi connectivity index (χ0n) is 17.6. The van der Waals surface area contributed by atoms with E-state index in [1.165, 1.54) is 4.31 Å². The van der Waals surface area contributed by atoms with Gasteiger partial charge in [-0.3, -0.25) is 0 Å². The number of amides is 2. The maximum atomic E-state index is 13.2. The number of benzene rings is 1. The predicted molar refractivity (Wildman–Crippen MR) is 115 cm³/mol. The molecule has 2 aromatic rings. The average Bonchev–Trinajstić information content (AvgIpc) is 2.92. The number of aryl methyl sites for hydroxylation is 1. The summed E-state index contributed by atoms with van der Waals surface area (Å²) in [5.74, 6) is 0.534. The van der Waals surface area contributed by atoms with Crippen LogP contribution in [0.3, 0.4) is 0 Å². The van der Waals surface area contributed by atoms with Gasteiger partial charge < -0.3 is 14.8 Å². The van der Waals surface area contributed by atoms with E-state index in [0.29, 0.717) is 50.0 Å². The lowest BCUT2D eigenvalue weighted by Gasteiger charge is -2.22. The maximum absolute atomic E-state index is 13.2. The van der Waals surface area contributed by atoms with Gasteiger partial charge in [-0.2, -0.15) is 4.31 Å². The zero-order chi connectivity index (χ0) is 21.0. The van der Waals surface area contributed by atoms with Crippen LogP contribution in [0, 0.1) is 5.92 Å². The number of nitrogens with zero attached hydrogens (tertiary/aromatic N) is 3. The van der Waals surface area contributed by atoms with Crippen LogP contribution in [0.15, 0.2) is 35.4 Å². The highest BCUT2D eigenvalue weighted by atomic mass is 32.2. The lowest BCUT2D eigenvalue weighted by Crippen LogP contribution is -2.43. The molecule has 1 aliphatic heterocycles. The van der Waals surface area contributed by atoms with Crippen LogP contribution in [0.5, 0.6) is 0 Å². The molecule has 29 heavy (non-hydrogen) atoms. The summed E-state index contributed by atoms with van der Waals surface area (Å²) in [6.45, 7) is 9.50. The van der Waals surface area contributed by atoms with Gasteiger partial charge in [0.2, 0.25) is 10.0 Å². The Balaban J connectivity index is 1.68. The van der Waals surface area contributed by atoms with E-state index in [0.717, 1.165) is 23.9 Å². The van der Waals surface area contributed by atoms with E-state index >= 15 is 0 Å². The van der Waals surface area contributed by atoms with Crippen molar-refractivity contribution >= 4 is 27.0 Å². The number of sulfonamides is 1. The molecule has 1 saturated heterocycles. The second-order valence-corrected chi connectivity index (χ2v) is 9.92. The number of urea groups is 1. The second-order valence-electron chi connectivity index (χ2n) is 7.98. The first kappa shape index (κ1) is 21.6. The number of rotatable bonds is 6. The lowest BCUT2D eigenvalue weighted by atomic mass is 10.1. The van der Waals surface area contributed by atoms with Crippen molar-refractivity contribution < 1.29 is 13.2 Å². The maximum Gasteiger partial charge on any atom is 0.317 e. The highest BCUT2D eigenvalue weighted by Crippen LogP contribution is 2.24. The summed E-state index contributed by atoms with van der Waals surface area (Å²) in [7, 11) is -3.59. The molecule has 1 aromatic carbocycles. The van der Waals surface area contributed by atoms with Crippen LogP contribution in [-0.4, -0.2) is 60.9 Å². The number of fused-ring (bicyclic) bond motifs is 1. The fourth-order valence-electron chi connectivity index (χ4n) is 3.68. The smallest absolute Gasteiger partial charge is 0.317 e. The van der Waals surface area contributed by atoms with Gasteiger partial charge in [-0.15, -0.1) is 0 Å². The monoisotopic (exact) mass is 420 g/mol. The lowest BCUT2D eigenvalue weighted by molar-refractivity contribution is 0.200. The SMILES string of the molecule is CCn1ccc2cc(S(=O)(=O)N3CCCN(C(=O)NCCC(C)C)CC3)ccc21. The Morgan fingerprint density at radius 3 is 2.66 bits per heavy atom. The quantitative estimate of drug-likeness (QED) is 0.780. The molecule has 1 fully saturated rings. The molecule has 1 aliphatic rings. The first-order valence-electron chi connectivity index (χ1n) is 10.4. The van der Waals surface area contributed by atoms with Crippen LogP contribution in [0.2, 0.25) is 0 Å². The zero-order valence-corrected chi connectivity index (χ0v) is 18.4. The van der Waals surface area contributed by atoms with E-state index in [4.69, 9.17) is 0 Å².